The van der Waals surface area contributed by atoms with Crippen LogP contribution in [0.4, 0.5) is 0 Å². The summed E-state index contributed by atoms with van der Waals surface area (Å²) < 4.78 is 1.85. The molecule has 3 heteroatoms. The zero-order valence-electron chi connectivity index (χ0n) is 9.12. The molecule has 15 heavy (non-hydrogen) atoms. The van der Waals surface area contributed by atoms with Gasteiger partial charge in [-0.25, -0.2) is 0 Å². The summed E-state index contributed by atoms with van der Waals surface area (Å²) in [4.78, 5) is 22.2. The van der Waals surface area contributed by atoms with Crippen LogP contribution in [0.5, 0.6) is 0 Å². The van der Waals surface area contributed by atoms with Crippen molar-refractivity contribution in [3.8, 4) is 0 Å². The molecular weight excluding hydrogens is 190 g/mol. The summed E-state index contributed by atoms with van der Waals surface area (Å²) in [6, 6.07) is 1.65. The molecule has 0 amide bonds. The van der Waals surface area contributed by atoms with Gasteiger partial charge in [0.15, 0.2) is 12.1 Å². The average Bonchev–Trinajstić information content (AvgIpc) is 2.56. The molecule has 0 saturated heterocycles. The van der Waals surface area contributed by atoms with Crippen molar-refractivity contribution in [2.24, 2.45) is 0 Å². The fourth-order valence-electron chi connectivity index (χ4n) is 1.74. The van der Waals surface area contributed by atoms with Gasteiger partial charge in [0.1, 0.15) is 0 Å². The quantitative estimate of drug-likeness (QED) is 0.420. The van der Waals surface area contributed by atoms with E-state index in [0.29, 0.717) is 17.8 Å². The van der Waals surface area contributed by atoms with Gasteiger partial charge >= 0.3 is 0 Å². The third-order valence-corrected chi connectivity index (χ3v) is 2.38. The van der Waals surface area contributed by atoms with E-state index in [1.807, 2.05) is 11.5 Å². The fourth-order valence-corrected chi connectivity index (χ4v) is 1.74. The van der Waals surface area contributed by atoms with Gasteiger partial charge < -0.3 is 4.57 Å². The van der Waals surface area contributed by atoms with Gasteiger partial charge in [-0.1, -0.05) is 13.0 Å². The number of nitrogens with zero attached hydrogens (tertiary/aromatic N) is 1. The largest absolute Gasteiger partial charge is 0.338 e. The number of Topliss-reactive ketones (excluding diaryl/α,β-unsaturated/α-hetero) is 1. The topological polar surface area (TPSA) is 39.1 Å². The summed E-state index contributed by atoms with van der Waals surface area (Å²) in [5, 5.41) is 0. The first-order chi connectivity index (χ1) is 7.15. The van der Waals surface area contributed by atoms with Crippen molar-refractivity contribution >= 4 is 12.1 Å². The van der Waals surface area contributed by atoms with Crippen molar-refractivity contribution in [1.82, 2.24) is 4.57 Å². The Labute approximate surface area is 89.4 Å². The molecule has 80 valence electrons. The molecule has 1 rings (SSSR count). The molecule has 1 aromatic heterocycles. The van der Waals surface area contributed by atoms with Crippen molar-refractivity contribution in [3.63, 3.8) is 0 Å². The highest BCUT2D eigenvalue weighted by Crippen LogP contribution is 2.16. The van der Waals surface area contributed by atoms with Crippen LogP contribution in [0.2, 0.25) is 0 Å². The Bertz CT molecular complexity index is 402. The second-order valence-corrected chi connectivity index (χ2v) is 3.36. The monoisotopic (exact) mass is 205 g/mol. The van der Waals surface area contributed by atoms with E-state index in [0.717, 1.165) is 18.4 Å². The summed E-state index contributed by atoms with van der Waals surface area (Å²) in [7, 11) is 0. The number of allylic oxidation sites excluding steroid dienone is 1. The number of carbonyl (C=O) groups excluding carboxylic acids is 2. The van der Waals surface area contributed by atoms with Crippen LogP contribution in [-0.2, 0) is 13.0 Å². The number of hydrogen-bond acceptors (Lipinski definition) is 2. The van der Waals surface area contributed by atoms with Gasteiger partial charge in [0.25, 0.3) is 0 Å². The highest BCUT2D eigenvalue weighted by molar-refractivity contribution is 5.95. The molecule has 0 bridgehead atoms. The van der Waals surface area contributed by atoms with Crippen LogP contribution in [0, 0.1) is 0 Å². The average molecular weight is 205 g/mol. The Kier molecular flexibility index (Phi) is 3.61. The molecule has 0 aliphatic rings. The smallest absolute Gasteiger partial charge is 0.176 e. The minimum Gasteiger partial charge on any atom is -0.338 e. The lowest BCUT2D eigenvalue weighted by Gasteiger charge is -2.08. The first kappa shape index (κ1) is 11.4. The van der Waals surface area contributed by atoms with Crippen LogP contribution >= 0.6 is 0 Å². The van der Waals surface area contributed by atoms with Crippen LogP contribution in [0.3, 0.4) is 0 Å². The standard InChI is InChI=1S/C12H15NO2/c1-4-6-13-11(5-2)10(8-14)7-12(13)9(3)15/h4,7-8H,1,5-6H2,2-3H3. The zero-order valence-corrected chi connectivity index (χ0v) is 9.12. The van der Waals surface area contributed by atoms with E-state index in [1.165, 1.54) is 6.92 Å². The van der Waals surface area contributed by atoms with Gasteiger partial charge in [0, 0.05) is 24.7 Å². The third kappa shape index (κ3) is 2.06. The lowest BCUT2D eigenvalue weighted by Crippen LogP contribution is -2.08. The van der Waals surface area contributed by atoms with Gasteiger partial charge in [-0.3, -0.25) is 9.59 Å². The molecule has 0 aliphatic carbocycles. The van der Waals surface area contributed by atoms with Gasteiger partial charge in [0.2, 0.25) is 0 Å². The maximum absolute atomic E-state index is 11.4. The molecule has 0 fully saturated rings. The molecule has 0 spiro atoms. The number of rotatable bonds is 5. The van der Waals surface area contributed by atoms with Gasteiger partial charge in [0.05, 0.1) is 5.69 Å². The number of aromatic nitrogens is 1. The molecule has 3 nitrogen and oxygen atoms in total. The Morgan fingerprint density at radius 3 is 2.67 bits per heavy atom. The normalized spacial score (nSPS) is 10.0. The van der Waals surface area contributed by atoms with Crippen molar-refractivity contribution in [3.05, 3.63) is 35.7 Å². The zero-order chi connectivity index (χ0) is 11.4. The van der Waals surface area contributed by atoms with Gasteiger partial charge in [-0.15, -0.1) is 6.58 Å². The van der Waals surface area contributed by atoms with E-state index < -0.39 is 0 Å². The van der Waals surface area contributed by atoms with Crippen LogP contribution in [0.15, 0.2) is 18.7 Å². The van der Waals surface area contributed by atoms with Crippen LogP contribution < -0.4 is 0 Å². The lowest BCUT2D eigenvalue weighted by molar-refractivity contribution is 0.100. The first-order valence-corrected chi connectivity index (χ1v) is 4.95. The summed E-state index contributed by atoms with van der Waals surface area (Å²) in [5.41, 5.74) is 2.08. The van der Waals surface area contributed by atoms with Crippen LogP contribution in [-0.4, -0.2) is 16.6 Å². The Balaban J connectivity index is 3.38. The molecular formula is C12H15NO2. The van der Waals surface area contributed by atoms with E-state index in [1.54, 1.807) is 12.1 Å². The molecule has 0 aliphatic heterocycles. The Morgan fingerprint density at radius 2 is 2.27 bits per heavy atom. The van der Waals surface area contributed by atoms with E-state index in [9.17, 15) is 9.59 Å². The summed E-state index contributed by atoms with van der Waals surface area (Å²) in [5.74, 6) is -0.0281. The number of hydrogen-bond donors (Lipinski definition) is 0. The van der Waals surface area contributed by atoms with Crippen LogP contribution in [0.25, 0.3) is 0 Å². The molecule has 1 heterocycles. The first-order valence-electron chi connectivity index (χ1n) is 4.95. The number of aldehydes is 1. The SMILES string of the molecule is C=CCn1c(C(C)=O)cc(C=O)c1CC. The van der Waals surface area contributed by atoms with Gasteiger partial charge in [-0.2, -0.15) is 0 Å². The summed E-state index contributed by atoms with van der Waals surface area (Å²) in [6.45, 7) is 7.67. The second kappa shape index (κ2) is 4.73. The van der Waals surface area contributed by atoms with E-state index in [-0.39, 0.29) is 5.78 Å². The van der Waals surface area contributed by atoms with Crippen molar-refractivity contribution in [2.45, 2.75) is 26.8 Å². The summed E-state index contributed by atoms with van der Waals surface area (Å²) in [6.07, 6.45) is 3.25. The molecule has 0 radical (unpaired) electrons. The minimum atomic E-state index is -0.0281. The Hall–Kier alpha value is -1.64. The van der Waals surface area contributed by atoms with Crippen molar-refractivity contribution < 1.29 is 9.59 Å². The second-order valence-electron chi connectivity index (χ2n) is 3.36. The predicted molar refractivity (Wildman–Crippen MR) is 59.4 cm³/mol. The molecule has 0 atom stereocenters. The van der Waals surface area contributed by atoms with Crippen molar-refractivity contribution in [2.75, 3.05) is 0 Å². The molecule has 0 saturated carbocycles. The van der Waals surface area contributed by atoms with E-state index >= 15 is 0 Å². The van der Waals surface area contributed by atoms with Crippen molar-refractivity contribution in [1.29, 1.82) is 0 Å². The maximum atomic E-state index is 11.4. The minimum absolute atomic E-state index is 0.0281. The predicted octanol–water partition coefficient (Wildman–Crippen LogP) is 2.25. The van der Waals surface area contributed by atoms with E-state index in [2.05, 4.69) is 6.58 Å². The van der Waals surface area contributed by atoms with E-state index in [4.69, 9.17) is 0 Å². The number of carbonyl (C=O) groups is 2. The summed E-state index contributed by atoms with van der Waals surface area (Å²) >= 11 is 0. The molecule has 0 aromatic carbocycles. The maximum Gasteiger partial charge on any atom is 0.176 e. The van der Waals surface area contributed by atoms with Crippen LogP contribution in [0.1, 0.15) is 40.4 Å². The highest BCUT2D eigenvalue weighted by atomic mass is 16.1. The number of ketones is 1. The van der Waals surface area contributed by atoms with Gasteiger partial charge in [-0.05, 0) is 12.5 Å². The Morgan fingerprint density at radius 1 is 1.60 bits per heavy atom. The highest BCUT2D eigenvalue weighted by Gasteiger charge is 2.14. The molecule has 1 aromatic rings. The lowest BCUT2D eigenvalue weighted by atomic mass is 10.2. The molecule has 0 unspecified atom stereocenters. The molecule has 0 N–H and O–H groups in total. The third-order valence-electron chi connectivity index (χ3n) is 2.38. The fraction of sp³-hybridized carbons (Fsp3) is 0.333.